The Hall–Kier alpha value is -1.87. The summed E-state index contributed by atoms with van der Waals surface area (Å²) in [6.07, 6.45) is 9.76. The van der Waals surface area contributed by atoms with Crippen LogP contribution in [-0.2, 0) is 14.8 Å². The lowest BCUT2D eigenvalue weighted by molar-refractivity contribution is -0.142. The average molecular weight is 521 g/mol. The number of aromatic amines is 1. The van der Waals surface area contributed by atoms with Crippen molar-refractivity contribution < 1.29 is 18.0 Å². The zero-order chi connectivity index (χ0) is 26.0. The van der Waals surface area contributed by atoms with Crippen molar-refractivity contribution in [2.75, 3.05) is 26.2 Å². The van der Waals surface area contributed by atoms with Crippen LogP contribution >= 0.6 is 0 Å². The first kappa shape index (κ1) is 27.2. The lowest BCUT2D eigenvalue weighted by atomic mass is 9.90. The molecule has 0 aromatic carbocycles. The molecule has 1 aliphatic carbocycles. The highest BCUT2D eigenvalue weighted by atomic mass is 32.2. The van der Waals surface area contributed by atoms with Crippen molar-refractivity contribution in [2.24, 2.45) is 5.92 Å². The Bertz CT molecular complexity index is 1040. The molecule has 9 heteroatoms. The summed E-state index contributed by atoms with van der Waals surface area (Å²) in [6.45, 7) is 9.63. The molecule has 4 rings (SSSR count). The molecular formula is C27H44N4O4S. The molecule has 1 saturated carbocycles. The van der Waals surface area contributed by atoms with Gasteiger partial charge in [-0.25, -0.2) is 8.42 Å². The van der Waals surface area contributed by atoms with Gasteiger partial charge in [-0.05, 0) is 72.6 Å². The number of carbonyl (C=O) groups is 2. The van der Waals surface area contributed by atoms with Crippen LogP contribution in [0.4, 0.5) is 0 Å². The number of sulfonamides is 1. The molecule has 36 heavy (non-hydrogen) atoms. The second-order valence-corrected chi connectivity index (χ2v) is 13.1. The number of hydrogen-bond acceptors (Lipinski definition) is 4. The van der Waals surface area contributed by atoms with Gasteiger partial charge in [-0.3, -0.25) is 9.59 Å². The summed E-state index contributed by atoms with van der Waals surface area (Å²) in [5, 5.41) is 0. The van der Waals surface area contributed by atoms with Gasteiger partial charge in [-0.1, -0.05) is 19.3 Å². The van der Waals surface area contributed by atoms with Gasteiger partial charge in [0.1, 0.15) is 4.90 Å². The van der Waals surface area contributed by atoms with Crippen LogP contribution in [-0.4, -0.2) is 77.6 Å². The summed E-state index contributed by atoms with van der Waals surface area (Å²) in [4.78, 5) is 34.0. The summed E-state index contributed by atoms with van der Waals surface area (Å²) < 4.78 is 29.2. The smallest absolute Gasteiger partial charge is 0.257 e. The Kier molecular flexibility index (Phi) is 8.49. The van der Waals surface area contributed by atoms with Crippen molar-refractivity contribution in [1.29, 1.82) is 0 Å². The van der Waals surface area contributed by atoms with Crippen LogP contribution in [0.15, 0.2) is 4.90 Å². The largest absolute Gasteiger partial charge is 0.361 e. The van der Waals surface area contributed by atoms with Crippen LogP contribution in [0.5, 0.6) is 0 Å². The maximum absolute atomic E-state index is 13.8. The highest BCUT2D eigenvalue weighted by Crippen LogP contribution is 2.33. The number of carbonyl (C=O) groups excluding carboxylic acids is 2. The number of hydrogen-bond donors (Lipinski definition) is 1. The standard InChI is InChI=1S/C27H44N4O4S/c1-19(2)31(23-11-7-5-8-12-23)26(32)22-13-17-30(18-14-22)36(34,35)25-21(4)28-20(3)24(25)27(33)29-15-9-6-10-16-29/h19,22-23,28H,5-18H2,1-4H3. The van der Waals surface area contributed by atoms with Crippen molar-refractivity contribution in [3.63, 3.8) is 0 Å². The first-order valence-corrected chi connectivity index (χ1v) is 15.4. The van der Waals surface area contributed by atoms with Crippen LogP contribution in [0.2, 0.25) is 0 Å². The highest BCUT2D eigenvalue weighted by molar-refractivity contribution is 7.89. The molecule has 0 radical (unpaired) electrons. The van der Waals surface area contributed by atoms with E-state index in [-0.39, 0.29) is 34.2 Å². The molecule has 2 saturated heterocycles. The van der Waals surface area contributed by atoms with Crippen LogP contribution < -0.4 is 0 Å². The molecule has 0 atom stereocenters. The summed E-state index contributed by atoms with van der Waals surface area (Å²) >= 11 is 0. The maximum Gasteiger partial charge on any atom is 0.257 e. The molecule has 2 amide bonds. The third-order valence-corrected chi connectivity index (χ3v) is 10.4. The number of likely N-dealkylation sites (tertiary alicyclic amines) is 1. The number of nitrogens with zero attached hydrogens (tertiary/aromatic N) is 3. The van der Waals surface area contributed by atoms with Crippen LogP contribution in [0.1, 0.15) is 99.8 Å². The van der Waals surface area contributed by atoms with E-state index >= 15 is 0 Å². The number of piperidine rings is 2. The Morgan fingerprint density at radius 2 is 1.44 bits per heavy atom. The summed E-state index contributed by atoms with van der Waals surface area (Å²) in [6, 6.07) is 0.457. The molecule has 0 spiro atoms. The molecule has 202 valence electrons. The SMILES string of the molecule is Cc1[nH]c(C)c(S(=O)(=O)N2CCC(C(=O)N(C(C)C)C3CCCCC3)CC2)c1C(=O)N1CCCCC1. The second kappa shape index (κ2) is 11.3. The number of nitrogens with one attached hydrogen (secondary N) is 1. The fraction of sp³-hybridized carbons (Fsp3) is 0.778. The van der Waals surface area contributed by atoms with E-state index in [1.807, 2.05) is 0 Å². The Labute approximate surface area is 216 Å². The maximum atomic E-state index is 13.8. The van der Waals surface area contributed by atoms with Gasteiger partial charge in [0, 0.05) is 55.6 Å². The third kappa shape index (κ3) is 5.37. The van der Waals surface area contributed by atoms with Crippen molar-refractivity contribution in [2.45, 2.75) is 109 Å². The van der Waals surface area contributed by atoms with Crippen LogP contribution in [0, 0.1) is 19.8 Å². The number of aryl methyl sites for hydroxylation is 2. The summed E-state index contributed by atoms with van der Waals surface area (Å²) in [5.41, 5.74) is 1.40. The van der Waals surface area contributed by atoms with Gasteiger partial charge >= 0.3 is 0 Å². The predicted octanol–water partition coefficient (Wildman–Crippen LogP) is 4.23. The molecule has 1 aromatic heterocycles. The Morgan fingerprint density at radius 3 is 2.03 bits per heavy atom. The number of amides is 2. The predicted molar refractivity (Wildman–Crippen MR) is 140 cm³/mol. The van der Waals surface area contributed by atoms with Gasteiger partial charge in [0.2, 0.25) is 15.9 Å². The van der Waals surface area contributed by atoms with E-state index in [0.29, 0.717) is 56.5 Å². The van der Waals surface area contributed by atoms with Crippen molar-refractivity contribution in [3.05, 3.63) is 17.0 Å². The van der Waals surface area contributed by atoms with Crippen molar-refractivity contribution >= 4 is 21.8 Å². The molecule has 0 bridgehead atoms. The van der Waals surface area contributed by atoms with E-state index in [9.17, 15) is 18.0 Å². The van der Waals surface area contributed by atoms with E-state index in [2.05, 4.69) is 23.7 Å². The molecule has 2 aliphatic heterocycles. The van der Waals surface area contributed by atoms with Gasteiger partial charge in [-0.15, -0.1) is 0 Å². The molecule has 3 aliphatic rings. The minimum Gasteiger partial charge on any atom is -0.361 e. The fourth-order valence-corrected chi connectivity index (χ4v) is 8.38. The van der Waals surface area contributed by atoms with Gasteiger partial charge in [0.25, 0.3) is 5.91 Å². The van der Waals surface area contributed by atoms with Gasteiger partial charge in [-0.2, -0.15) is 4.31 Å². The van der Waals surface area contributed by atoms with Gasteiger partial charge in [0.05, 0.1) is 5.56 Å². The fourth-order valence-electron chi connectivity index (χ4n) is 6.49. The molecule has 8 nitrogen and oxygen atoms in total. The minimum atomic E-state index is -3.86. The quantitative estimate of drug-likeness (QED) is 0.607. The monoisotopic (exact) mass is 520 g/mol. The Morgan fingerprint density at radius 1 is 0.861 bits per heavy atom. The van der Waals surface area contributed by atoms with Gasteiger partial charge < -0.3 is 14.8 Å². The summed E-state index contributed by atoms with van der Waals surface area (Å²) in [5.74, 6) is -0.159. The Balaban J connectivity index is 1.49. The molecular weight excluding hydrogens is 476 g/mol. The molecule has 1 N–H and O–H groups in total. The van der Waals surface area contributed by atoms with Gasteiger partial charge in [0.15, 0.2) is 0 Å². The lowest BCUT2D eigenvalue weighted by Crippen LogP contribution is -2.50. The van der Waals surface area contributed by atoms with Crippen molar-refractivity contribution in [1.82, 2.24) is 19.1 Å². The number of H-pyrrole nitrogens is 1. The molecule has 1 aromatic rings. The first-order chi connectivity index (χ1) is 17.1. The lowest BCUT2D eigenvalue weighted by Gasteiger charge is -2.41. The zero-order valence-corrected chi connectivity index (χ0v) is 23.3. The highest BCUT2D eigenvalue weighted by Gasteiger charge is 2.40. The van der Waals surface area contributed by atoms with Crippen LogP contribution in [0.25, 0.3) is 0 Å². The van der Waals surface area contributed by atoms with E-state index < -0.39 is 10.0 Å². The minimum absolute atomic E-state index is 0.117. The number of rotatable bonds is 6. The molecule has 3 heterocycles. The first-order valence-electron chi connectivity index (χ1n) is 13.9. The number of aromatic nitrogens is 1. The van der Waals surface area contributed by atoms with Crippen molar-refractivity contribution in [3.8, 4) is 0 Å². The molecule has 3 fully saturated rings. The molecule has 0 unspecified atom stereocenters. The third-order valence-electron chi connectivity index (χ3n) is 8.35. The van der Waals surface area contributed by atoms with Crippen LogP contribution in [0.3, 0.4) is 0 Å². The van der Waals surface area contributed by atoms with E-state index in [4.69, 9.17) is 0 Å². The topological polar surface area (TPSA) is 93.8 Å². The average Bonchev–Trinajstić information content (AvgIpc) is 3.18. The second-order valence-electron chi connectivity index (χ2n) is 11.2. The zero-order valence-electron chi connectivity index (χ0n) is 22.5. The van der Waals surface area contributed by atoms with E-state index in [1.165, 1.54) is 23.6 Å². The normalized spacial score (nSPS) is 21.2. The van der Waals surface area contributed by atoms with E-state index in [0.717, 1.165) is 32.1 Å². The van der Waals surface area contributed by atoms with E-state index in [1.54, 1.807) is 18.7 Å². The summed E-state index contributed by atoms with van der Waals surface area (Å²) in [7, 11) is -3.86.